The smallest absolute Gasteiger partial charge is 0.306 e. The lowest BCUT2D eigenvalue weighted by molar-refractivity contribution is -0.150. The average molecular weight is 675 g/mol. The van der Waals surface area contributed by atoms with Crippen LogP contribution in [0.15, 0.2) is 0 Å². The Labute approximate surface area is 284 Å². The number of carbonyl (C=O) groups is 2. The molecule has 9 heteroatoms. The molecular formula is C37H74N2O6S. The largest absolute Gasteiger partial charge is 0.466 e. The van der Waals surface area contributed by atoms with Crippen molar-refractivity contribution in [1.29, 1.82) is 0 Å². The number of unbranched alkanes of at least 4 members (excludes halogenated alkanes) is 13. The first-order valence-corrected chi connectivity index (χ1v) is 20.9. The van der Waals surface area contributed by atoms with Crippen LogP contribution in [0, 0.1) is 5.92 Å². The van der Waals surface area contributed by atoms with Crippen LogP contribution in [0.2, 0.25) is 0 Å². The highest BCUT2D eigenvalue weighted by atomic mass is 32.2. The zero-order valence-corrected chi connectivity index (χ0v) is 31.6. The van der Waals surface area contributed by atoms with Gasteiger partial charge in [-0.25, -0.2) is 12.7 Å². The molecule has 2 atom stereocenters. The Morgan fingerprint density at radius 2 is 1.20 bits per heavy atom. The molecule has 0 fully saturated rings. The van der Waals surface area contributed by atoms with E-state index in [-0.39, 0.29) is 18.0 Å². The molecule has 0 aliphatic carbocycles. The van der Waals surface area contributed by atoms with Gasteiger partial charge in [0.25, 0.3) is 0 Å². The van der Waals surface area contributed by atoms with Gasteiger partial charge in [0.05, 0.1) is 12.9 Å². The van der Waals surface area contributed by atoms with Gasteiger partial charge in [0, 0.05) is 25.9 Å². The van der Waals surface area contributed by atoms with Gasteiger partial charge in [-0.3, -0.25) is 9.59 Å². The molecule has 0 rings (SSSR count). The van der Waals surface area contributed by atoms with Crippen molar-refractivity contribution in [1.82, 2.24) is 9.62 Å². The third kappa shape index (κ3) is 29.0. The Hall–Kier alpha value is -1.19. The van der Waals surface area contributed by atoms with Crippen LogP contribution in [-0.4, -0.2) is 70.3 Å². The number of ether oxygens (including phenoxy) is 2. The van der Waals surface area contributed by atoms with E-state index in [9.17, 15) is 18.0 Å². The zero-order chi connectivity index (χ0) is 34.3. The van der Waals surface area contributed by atoms with Crippen LogP contribution < -0.4 is 5.32 Å². The van der Waals surface area contributed by atoms with Crippen molar-refractivity contribution in [3.05, 3.63) is 0 Å². The lowest BCUT2D eigenvalue weighted by atomic mass is 10.0. The normalized spacial score (nSPS) is 13.2. The van der Waals surface area contributed by atoms with E-state index >= 15 is 0 Å². The highest BCUT2D eigenvalue weighted by Gasteiger charge is 2.17. The molecule has 0 aromatic carbocycles. The molecule has 8 nitrogen and oxygen atoms in total. The van der Waals surface area contributed by atoms with E-state index in [2.05, 4.69) is 26.1 Å². The van der Waals surface area contributed by atoms with Crippen LogP contribution in [0.1, 0.15) is 175 Å². The molecule has 0 aliphatic rings. The summed E-state index contributed by atoms with van der Waals surface area (Å²) in [6.07, 6.45) is 25.3. The Kier molecular flexibility index (Phi) is 30.3. The van der Waals surface area contributed by atoms with Gasteiger partial charge in [-0.15, -0.1) is 0 Å². The van der Waals surface area contributed by atoms with E-state index in [1.54, 1.807) is 4.31 Å². The molecule has 0 aromatic rings. The molecule has 46 heavy (non-hydrogen) atoms. The minimum Gasteiger partial charge on any atom is -0.466 e. The molecule has 0 amide bonds. The van der Waals surface area contributed by atoms with Gasteiger partial charge < -0.3 is 14.8 Å². The quantitative estimate of drug-likeness (QED) is 0.0537. The van der Waals surface area contributed by atoms with Crippen LogP contribution in [0.5, 0.6) is 0 Å². The summed E-state index contributed by atoms with van der Waals surface area (Å²) in [7, 11) is -1.25. The molecule has 1 unspecified atom stereocenters. The fourth-order valence-corrected chi connectivity index (χ4v) is 6.58. The number of nitrogens with one attached hydrogen (secondary N) is 1. The summed E-state index contributed by atoms with van der Waals surface area (Å²) in [4.78, 5) is 24.6. The molecule has 0 aliphatic heterocycles. The van der Waals surface area contributed by atoms with E-state index in [0.717, 1.165) is 109 Å². The molecule has 0 radical (unpaired) electrons. The molecule has 0 saturated heterocycles. The second-order valence-electron chi connectivity index (χ2n) is 13.5. The maximum absolute atomic E-state index is 12.5. The van der Waals surface area contributed by atoms with Gasteiger partial charge in [-0.05, 0) is 83.7 Å². The van der Waals surface area contributed by atoms with Crippen LogP contribution in [0.4, 0.5) is 0 Å². The summed E-state index contributed by atoms with van der Waals surface area (Å²) in [6, 6.07) is 0. The van der Waals surface area contributed by atoms with Crippen molar-refractivity contribution >= 4 is 22.0 Å². The SMILES string of the molecule is CCCCCCC[C@H](CCCCNC)OC(=O)CCCCCCCCCOC(=O)CCCCN(CCCCC(C)CC)S(C)(=O)=O. The van der Waals surface area contributed by atoms with Crippen molar-refractivity contribution < 1.29 is 27.5 Å². The minimum atomic E-state index is -3.23. The molecule has 0 aromatic heterocycles. The second-order valence-corrected chi connectivity index (χ2v) is 15.5. The summed E-state index contributed by atoms with van der Waals surface area (Å²) in [6.45, 7) is 9.14. The molecule has 0 saturated carbocycles. The third-order valence-electron chi connectivity index (χ3n) is 8.98. The van der Waals surface area contributed by atoms with Crippen molar-refractivity contribution in [2.75, 3.05) is 39.5 Å². The second kappa shape index (κ2) is 31.1. The van der Waals surface area contributed by atoms with Gasteiger partial charge in [-0.1, -0.05) is 97.8 Å². The first-order valence-electron chi connectivity index (χ1n) is 19.1. The average Bonchev–Trinajstić information content (AvgIpc) is 3.02. The summed E-state index contributed by atoms with van der Waals surface area (Å²) in [5.41, 5.74) is 0. The van der Waals surface area contributed by atoms with E-state index in [1.807, 2.05) is 7.05 Å². The van der Waals surface area contributed by atoms with E-state index in [0.29, 0.717) is 51.3 Å². The van der Waals surface area contributed by atoms with Gasteiger partial charge >= 0.3 is 11.9 Å². The molecular weight excluding hydrogens is 600 g/mol. The zero-order valence-electron chi connectivity index (χ0n) is 30.8. The number of esters is 2. The van der Waals surface area contributed by atoms with Gasteiger partial charge in [0.2, 0.25) is 10.0 Å². The predicted octanol–water partition coefficient (Wildman–Crippen LogP) is 8.96. The molecule has 0 heterocycles. The summed E-state index contributed by atoms with van der Waals surface area (Å²) in [5.74, 6) is 0.458. The number of sulfonamides is 1. The van der Waals surface area contributed by atoms with Crippen molar-refractivity contribution in [2.45, 2.75) is 181 Å². The Morgan fingerprint density at radius 3 is 1.83 bits per heavy atom. The number of hydrogen-bond acceptors (Lipinski definition) is 7. The summed E-state index contributed by atoms with van der Waals surface area (Å²) < 4.78 is 37.1. The number of nitrogens with zero attached hydrogens (tertiary/aromatic N) is 1. The number of carbonyl (C=O) groups excluding carboxylic acids is 2. The first kappa shape index (κ1) is 44.8. The third-order valence-corrected chi connectivity index (χ3v) is 10.3. The van der Waals surface area contributed by atoms with Crippen molar-refractivity contribution in [2.24, 2.45) is 5.92 Å². The lowest BCUT2D eigenvalue weighted by Crippen LogP contribution is -2.32. The Bertz CT molecular complexity index is 823. The standard InChI is InChI=1S/C37H74N2O6S/c1-6-8-9-13-16-26-35(27-18-21-30-38-4)45-37(41)29-17-14-11-10-12-15-24-33-44-36(40)28-20-23-32-39(46(5,42)43)31-22-19-25-34(3)7-2/h34-35,38H,6-33H2,1-5H3/t34?,35-/m1/s1. The van der Waals surface area contributed by atoms with Crippen molar-refractivity contribution in [3.63, 3.8) is 0 Å². The summed E-state index contributed by atoms with van der Waals surface area (Å²) >= 11 is 0. The number of hydrogen-bond donors (Lipinski definition) is 1. The summed E-state index contributed by atoms with van der Waals surface area (Å²) in [5, 5.41) is 3.19. The Balaban J connectivity index is 3.88. The number of rotatable bonds is 34. The van der Waals surface area contributed by atoms with Gasteiger partial charge in [-0.2, -0.15) is 0 Å². The maximum Gasteiger partial charge on any atom is 0.306 e. The molecule has 0 bridgehead atoms. The predicted molar refractivity (Wildman–Crippen MR) is 193 cm³/mol. The monoisotopic (exact) mass is 675 g/mol. The van der Waals surface area contributed by atoms with Crippen LogP contribution >= 0.6 is 0 Å². The molecule has 0 spiro atoms. The Morgan fingerprint density at radius 1 is 0.674 bits per heavy atom. The van der Waals surface area contributed by atoms with Gasteiger partial charge in [0.1, 0.15) is 6.10 Å². The maximum atomic E-state index is 12.5. The van der Waals surface area contributed by atoms with E-state index in [1.165, 1.54) is 31.9 Å². The molecule has 1 N–H and O–H groups in total. The van der Waals surface area contributed by atoms with Crippen LogP contribution in [0.25, 0.3) is 0 Å². The highest BCUT2D eigenvalue weighted by molar-refractivity contribution is 7.88. The lowest BCUT2D eigenvalue weighted by Gasteiger charge is -2.20. The first-order chi connectivity index (χ1) is 22.1. The highest BCUT2D eigenvalue weighted by Crippen LogP contribution is 2.17. The van der Waals surface area contributed by atoms with E-state index < -0.39 is 10.0 Å². The fraction of sp³-hybridized carbons (Fsp3) is 0.946. The van der Waals surface area contributed by atoms with Crippen LogP contribution in [0.3, 0.4) is 0 Å². The van der Waals surface area contributed by atoms with E-state index in [4.69, 9.17) is 9.47 Å². The topological polar surface area (TPSA) is 102 Å². The fourth-order valence-electron chi connectivity index (χ4n) is 5.66. The van der Waals surface area contributed by atoms with Crippen LogP contribution in [-0.2, 0) is 29.1 Å². The minimum absolute atomic E-state index is 0.0331. The molecule has 274 valence electrons. The van der Waals surface area contributed by atoms with Crippen molar-refractivity contribution in [3.8, 4) is 0 Å². The van der Waals surface area contributed by atoms with Gasteiger partial charge in [0.15, 0.2) is 0 Å².